The number of amides is 1. The van der Waals surface area contributed by atoms with E-state index in [1.54, 1.807) is 0 Å². The van der Waals surface area contributed by atoms with Crippen molar-refractivity contribution < 1.29 is 14.8 Å². The van der Waals surface area contributed by atoms with Crippen LogP contribution in [0.3, 0.4) is 0 Å². The van der Waals surface area contributed by atoms with E-state index in [0.717, 1.165) is 29.1 Å². The van der Waals surface area contributed by atoms with Crippen LogP contribution < -0.4 is 15.4 Å². The van der Waals surface area contributed by atoms with Crippen molar-refractivity contribution in [3.8, 4) is 5.75 Å². The molecule has 0 saturated heterocycles. The lowest BCUT2D eigenvalue weighted by Gasteiger charge is -2.14. The van der Waals surface area contributed by atoms with Gasteiger partial charge in [0.05, 0.1) is 0 Å². The van der Waals surface area contributed by atoms with E-state index in [0.29, 0.717) is 6.04 Å². The molecule has 0 fully saturated rings. The Bertz CT molecular complexity index is 909. The van der Waals surface area contributed by atoms with Crippen LogP contribution in [0.25, 0.3) is 0 Å². The lowest BCUT2D eigenvalue weighted by molar-refractivity contribution is -0.708. The van der Waals surface area contributed by atoms with Crippen LogP contribution >= 0.6 is 0 Å². The van der Waals surface area contributed by atoms with Gasteiger partial charge < -0.3 is 15.4 Å². The fourth-order valence-electron chi connectivity index (χ4n) is 3.07. The van der Waals surface area contributed by atoms with E-state index in [1.165, 1.54) is 5.56 Å². The van der Waals surface area contributed by atoms with Crippen LogP contribution in [-0.4, -0.2) is 12.5 Å². The lowest BCUT2D eigenvalue weighted by Crippen LogP contribution is -2.83. The van der Waals surface area contributed by atoms with E-state index < -0.39 is 0 Å². The van der Waals surface area contributed by atoms with Gasteiger partial charge in [-0.05, 0) is 43.7 Å². The van der Waals surface area contributed by atoms with E-state index in [9.17, 15) is 4.79 Å². The number of para-hydroxylation sites is 1. The molecular formula is C24H27N2O2+. The second-order valence-corrected chi connectivity index (χ2v) is 6.95. The van der Waals surface area contributed by atoms with E-state index >= 15 is 0 Å². The molecule has 0 aliphatic heterocycles. The van der Waals surface area contributed by atoms with E-state index in [4.69, 9.17) is 4.74 Å². The van der Waals surface area contributed by atoms with Gasteiger partial charge in [0, 0.05) is 16.8 Å². The smallest absolute Gasteiger partial charge is 0.262 e. The second kappa shape index (κ2) is 9.72. The summed E-state index contributed by atoms with van der Waals surface area (Å²) in [7, 11) is 0. The maximum Gasteiger partial charge on any atom is 0.262 e. The molecule has 0 bridgehead atoms. The molecule has 3 aromatic carbocycles. The first-order valence-corrected chi connectivity index (χ1v) is 9.57. The molecule has 3 N–H and O–H groups in total. The minimum Gasteiger partial charge on any atom is -0.483 e. The molecule has 0 saturated carbocycles. The van der Waals surface area contributed by atoms with Crippen molar-refractivity contribution in [1.29, 1.82) is 0 Å². The highest BCUT2D eigenvalue weighted by Gasteiger charge is 2.12. The number of anilines is 1. The van der Waals surface area contributed by atoms with E-state index in [-0.39, 0.29) is 12.5 Å². The normalized spacial score (nSPS) is 11.6. The number of nitrogens with one attached hydrogen (secondary N) is 1. The Kier molecular flexibility index (Phi) is 6.82. The molecule has 0 heterocycles. The van der Waals surface area contributed by atoms with Gasteiger partial charge in [-0.1, -0.05) is 54.6 Å². The van der Waals surface area contributed by atoms with Gasteiger partial charge in [-0.3, -0.25) is 4.79 Å². The summed E-state index contributed by atoms with van der Waals surface area (Å²) < 4.78 is 5.81. The number of quaternary nitrogens is 1. The van der Waals surface area contributed by atoms with E-state index in [1.807, 2.05) is 61.5 Å². The van der Waals surface area contributed by atoms with Crippen LogP contribution in [0.2, 0.25) is 0 Å². The number of hydrogen-bond acceptors (Lipinski definition) is 2. The Labute approximate surface area is 166 Å². The third-order valence-electron chi connectivity index (χ3n) is 4.65. The number of hydrogen-bond donors (Lipinski definition) is 2. The average Bonchev–Trinajstić information content (AvgIpc) is 2.71. The van der Waals surface area contributed by atoms with Crippen LogP contribution in [0.5, 0.6) is 5.75 Å². The Balaban J connectivity index is 1.55. The molecule has 28 heavy (non-hydrogen) atoms. The van der Waals surface area contributed by atoms with Crippen molar-refractivity contribution in [2.24, 2.45) is 0 Å². The molecule has 1 atom stereocenters. The molecule has 0 spiro atoms. The number of carbonyl (C=O) groups is 1. The van der Waals surface area contributed by atoms with Crippen molar-refractivity contribution in [1.82, 2.24) is 0 Å². The molecule has 4 nitrogen and oxygen atoms in total. The zero-order valence-electron chi connectivity index (χ0n) is 16.4. The Morgan fingerprint density at radius 3 is 2.54 bits per heavy atom. The molecule has 0 aliphatic rings. The van der Waals surface area contributed by atoms with Crippen molar-refractivity contribution in [3.05, 3.63) is 95.6 Å². The zero-order chi connectivity index (χ0) is 19.8. The van der Waals surface area contributed by atoms with Gasteiger partial charge in [-0.25, -0.2) is 0 Å². The number of benzene rings is 3. The predicted octanol–water partition coefficient (Wildman–Crippen LogP) is 3.84. The first-order valence-electron chi connectivity index (χ1n) is 9.57. The highest BCUT2D eigenvalue weighted by molar-refractivity contribution is 5.91. The molecule has 0 radical (unpaired) electrons. The Morgan fingerprint density at radius 1 is 1.00 bits per heavy atom. The molecule has 1 amide bonds. The third kappa shape index (κ3) is 5.69. The maximum absolute atomic E-state index is 12.2. The van der Waals surface area contributed by atoms with Crippen molar-refractivity contribution >= 4 is 11.6 Å². The number of ether oxygens (including phenoxy) is 1. The first kappa shape index (κ1) is 19.6. The van der Waals surface area contributed by atoms with Gasteiger partial charge in [-0.2, -0.15) is 0 Å². The van der Waals surface area contributed by atoms with Gasteiger partial charge >= 0.3 is 0 Å². The summed E-state index contributed by atoms with van der Waals surface area (Å²) in [6.07, 6.45) is 0. The fraction of sp³-hybridized carbons (Fsp3) is 0.208. The number of carbonyl (C=O) groups excluding carboxylic acids is 1. The maximum atomic E-state index is 12.2. The van der Waals surface area contributed by atoms with Gasteiger partial charge in [0.15, 0.2) is 6.61 Å². The second-order valence-electron chi connectivity index (χ2n) is 6.95. The van der Waals surface area contributed by atoms with Gasteiger partial charge in [0.1, 0.15) is 18.3 Å². The topological polar surface area (TPSA) is 54.9 Å². The first-order chi connectivity index (χ1) is 13.6. The quantitative estimate of drug-likeness (QED) is 0.629. The van der Waals surface area contributed by atoms with Crippen LogP contribution in [0.15, 0.2) is 78.9 Å². The van der Waals surface area contributed by atoms with Gasteiger partial charge in [-0.15, -0.1) is 0 Å². The Morgan fingerprint density at radius 2 is 1.75 bits per heavy atom. The van der Waals surface area contributed by atoms with Crippen LogP contribution in [0.4, 0.5) is 5.69 Å². The van der Waals surface area contributed by atoms with Crippen molar-refractivity contribution in [2.45, 2.75) is 26.4 Å². The molecule has 3 aromatic rings. The van der Waals surface area contributed by atoms with Gasteiger partial charge in [0.25, 0.3) is 5.91 Å². The standard InChI is InChI=1S/C24H26N2O2/c1-18-9-8-13-22(15-18)26-24(27)17-28-23-14-7-6-12-21(23)16-25-19(2)20-10-4-3-5-11-20/h3-15,19,25H,16-17H2,1-2H3,(H,26,27)/p+1/t19-/m0/s1. The van der Waals surface area contributed by atoms with Crippen molar-refractivity contribution in [3.63, 3.8) is 0 Å². The van der Waals surface area contributed by atoms with Crippen molar-refractivity contribution in [2.75, 3.05) is 11.9 Å². The monoisotopic (exact) mass is 375 g/mol. The summed E-state index contributed by atoms with van der Waals surface area (Å²) in [5.74, 6) is 0.584. The number of aryl methyl sites for hydroxylation is 1. The average molecular weight is 375 g/mol. The Hall–Kier alpha value is -3.11. The molecule has 4 heteroatoms. The molecule has 0 unspecified atom stereocenters. The molecule has 144 valence electrons. The summed E-state index contributed by atoms with van der Waals surface area (Å²) in [4.78, 5) is 12.2. The summed E-state index contributed by atoms with van der Waals surface area (Å²) >= 11 is 0. The fourth-order valence-corrected chi connectivity index (χ4v) is 3.07. The number of nitrogens with two attached hydrogens (primary N) is 1. The third-order valence-corrected chi connectivity index (χ3v) is 4.65. The number of rotatable bonds is 8. The minimum absolute atomic E-state index is 0.0147. The summed E-state index contributed by atoms with van der Waals surface area (Å²) in [5.41, 5.74) is 4.26. The molecular weight excluding hydrogens is 348 g/mol. The summed E-state index contributed by atoms with van der Waals surface area (Å²) in [6, 6.07) is 26.4. The van der Waals surface area contributed by atoms with Crippen LogP contribution in [0, 0.1) is 6.92 Å². The highest BCUT2D eigenvalue weighted by Crippen LogP contribution is 2.18. The SMILES string of the molecule is Cc1cccc(NC(=O)COc2ccccc2C[NH2+][C@@H](C)c2ccccc2)c1. The molecule has 0 aliphatic carbocycles. The highest BCUT2D eigenvalue weighted by atomic mass is 16.5. The zero-order valence-corrected chi connectivity index (χ0v) is 16.4. The molecule has 0 aromatic heterocycles. The van der Waals surface area contributed by atoms with Crippen LogP contribution in [-0.2, 0) is 11.3 Å². The van der Waals surface area contributed by atoms with Gasteiger partial charge in [0.2, 0.25) is 0 Å². The minimum atomic E-state index is -0.165. The largest absolute Gasteiger partial charge is 0.483 e. The van der Waals surface area contributed by atoms with E-state index in [2.05, 4.69) is 41.8 Å². The van der Waals surface area contributed by atoms with Crippen LogP contribution in [0.1, 0.15) is 29.7 Å². The predicted molar refractivity (Wildman–Crippen MR) is 112 cm³/mol. The summed E-state index contributed by atoms with van der Waals surface area (Å²) in [6.45, 7) is 4.95. The lowest BCUT2D eigenvalue weighted by atomic mass is 10.1. The summed E-state index contributed by atoms with van der Waals surface area (Å²) in [5, 5.41) is 5.14. The molecule has 3 rings (SSSR count).